The molecule has 0 bridgehead atoms. The maximum Gasteiger partial charge on any atom is 0.317 e. The van der Waals surface area contributed by atoms with Crippen molar-refractivity contribution in [3.8, 4) is 0 Å². The quantitative estimate of drug-likeness (QED) is 0.614. The van der Waals surface area contributed by atoms with E-state index in [4.69, 9.17) is 0 Å². The molecule has 1 aliphatic carbocycles. The third-order valence-electron chi connectivity index (χ3n) is 6.67. The zero-order valence-corrected chi connectivity index (χ0v) is 18.8. The highest BCUT2D eigenvalue weighted by Gasteiger charge is 2.39. The van der Waals surface area contributed by atoms with Crippen molar-refractivity contribution in [3.63, 3.8) is 0 Å². The van der Waals surface area contributed by atoms with Crippen molar-refractivity contribution in [1.29, 1.82) is 0 Å². The van der Waals surface area contributed by atoms with Gasteiger partial charge in [0.2, 0.25) is 11.8 Å². The van der Waals surface area contributed by atoms with Gasteiger partial charge in [0.1, 0.15) is 12.1 Å². The highest BCUT2D eigenvalue weighted by Crippen LogP contribution is 2.19. The number of hydrogen-bond donors (Lipinski definition) is 3. The SMILES string of the molecule is O=C1NCCC[C@@H]1NC(=O)[C@H]1CN(C(=O)NC2CCCCC2)CCN1C(=O)c1cccnc1. The molecule has 0 radical (unpaired) electrons. The van der Waals surface area contributed by atoms with Crippen molar-refractivity contribution >= 4 is 23.8 Å². The average Bonchev–Trinajstić information content (AvgIpc) is 2.85. The summed E-state index contributed by atoms with van der Waals surface area (Å²) in [4.78, 5) is 58.6. The van der Waals surface area contributed by atoms with Gasteiger partial charge in [-0.15, -0.1) is 0 Å². The molecule has 4 rings (SSSR count). The Morgan fingerprint density at radius 3 is 2.58 bits per heavy atom. The second kappa shape index (κ2) is 10.6. The van der Waals surface area contributed by atoms with Gasteiger partial charge in [0, 0.05) is 38.1 Å². The normalized spacial score (nSPS) is 24.1. The van der Waals surface area contributed by atoms with Crippen LogP contribution in [0.25, 0.3) is 0 Å². The van der Waals surface area contributed by atoms with Gasteiger partial charge in [0.05, 0.1) is 12.1 Å². The lowest BCUT2D eigenvalue weighted by molar-refractivity contribution is -0.133. The molecule has 3 fully saturated rings. The lowest BCUT2D eigenvalue weighted by Crippen LogP contribution is -2.64. The average molecular weight is 457 g/mol. The van der Waals surface area contributed by atoms with Crippen molar-refractivity contribution in [1.82, 2.24) is 30.7 Å². The third kappa shape index (κ3) is 5.61. The van der Waals surface area contributed by atoms with Crippen LogP contribution in [0.5, 0.6) is 0 Å². The Kier molecular flexibility index (Phi) is 7.41. The van der Waals surface area contributed by atoms with Crippen molar-refractivity contribution in [2.24, 2.45) is 0 Å². The number of amides is 5. The molecule has 3 aliphatic rings. The Morgan fingerprint density at radius 1 is 1.03 bits per heavy atom. The summed E-state index contributed by atoms with van der Waals surface area (Å²) in [5, 5.41) is 8.64. The number of hydrogen-bond acceptors (Lipinski definition) is 5. The fourth-order valence-corrected chi connectivity index (χ4v) is 4.78. The van der Waals surface area contributed by atoms with Crippen LogP contribution in [0.4, 0.5) is 4.79 Å². The molecular formula is C23H32N6O4. The van der Waals surface area contributed by atoms with E-state index < -0.39 is 18.0 Å². The standard InChI is InChI=1S/C23H32N6O4/c30-20-18(9-5-11-25-20)27-21(31)19-15-28(23(33)26-17-7-2-1-3-8-17)12-13-29(19)22(32)16-6-4-10-24-14-16/h4,6,10,14,17-19H,1-3,5,7-9,11-13,15H2,(H,25,30)(H,26,33)(H,27,31)/t18-,19+/m0/s1. The van der Waals surface area contributed by atoms with E-state index in [0.29, 0.717) is 25.1 Å². The largest absolute Gasteiger partial charge is 0.354 e. The molecule has 2 atom stereocenters. The van der Waals surface area contributed by atoms with Crippen LogP contribution in [0, 0.1) is 0 Å². The molecule has 33 heavy (non-hydrogen) atoms. The van der Waals surface area contributed by atoms with Gasteiger partial charge >= 0.3 is 6.03 Å². The minimum atomic E-state index is -0.890. The number of pyridine rings is 1. The molecule has 2 saturated heterocycles. The predicted octanol–water partition coefficient (Wildman–Crippen LogP) is 0.645. The lowest BCUT2D eigenvalue weighted by atomic mass is 9.96. The van der Waals surface area contributed by atoms with Crippen LogP contribution in [0.3, 0.4) is 0 Å². The smallest absolute Gasteiger partial charge is 0.317 e. The van der Waals surface area contributed by atoms with Crippen LogP contribution >= 0.6 is 0 Å². The maximum absolute atomic E-state index is 13.3. The molecule has 10 heteroatoms. The molecular weight excluding hydrogens is 424 g/mol. The highest BCUT2D eigenvalue weighted by molar-refractivity contribution is 5.98. The monoisotopic (exact) mass is 456 g/mol. The number of piperazine rings is 1. The first-order valence-corrected chi connectivity index (χ1v) is 11.9. The molecule has 0 aromatic carbocycles. The summed E-state index contributed by atoms with van der Waals surface area (Å²) in [5.74, 6) is -0.962. The van der Waals surface area contributed by atoms with E-state index in [1.54, 1.807) is 23.2 Å². The minimum absolute atomic E-state index is 0.0741. The van der Waals surface area contributed by atoms with Crippen LogP contribution < -0.4 is 16.0 Å². The Labute approximate surface area is 193 Å². The van der Waals surface area contributed by atoms with Crippen LogP contribution in [-0.4, -0.2) is 82.8 Å². The topological polar surface area (TPSA) is 124 Å². The molecule has 178 valence electrons. The fraction of sp³-hybridized carbons (Fsp3) is 0.609. The van der Waals surface area contributed by atoms with Crippen LogP contribution in [0.1, 0.15) is 55.3 Å². The van der Waals surface area contributed by atoms with Crippen LogP contribution in [0.15, 0.2) is 24.5 Å². The summed E-state index contributed by atoms with van der Waals surface area (Å²) >= 11 is 0. The van der Waals surface area contributed by atoms with Gasteiger partial charge in [0.15, 0.2) is 0 Å². The number of rotatable bonds is 4. The van der Waals surface area contributed by atoms with E-state index in [1.807, 2.05) is 0 Å². The van der Waals surface area contributed by atoms with Gasteiger partial charge in [-0.1, -0.05) is 19.3 Å². The van der Waals surface area contributed by atoms with E-state index in [2.05, 4.69) is 20.9 Å². The first-order chi connectivity index (χ1) is 16.0. The number of aromatic nitrogens is 1. The van der Waals surface area contributed by atoms with Gasteiger partial charge in [-0.05, 0) is 37.8 Å². The molecule has 3 N–H and O–H groups in total. The Balaban J connectivity index is 1.48. The molecule has 10 nitrogen and oxygen atoms in total. The molecule has 0 spiro atoms. The Bertz CT molecular complexity index is 873. The molecule has 1 saturated carbocycles. The van der Waals surface area contributed by atoms with Crippen LogP contribution in [0.2, 0.25) is 0 Å². The Morgan fingerprint density at radius 2 is 1.85 bits per heavy atom. The summed E-state index contributed by atoms with van der Waals surface area (Å²) in [6, 6.07) is 1.75. The van der Waals surface area contributed by atoms with Gasteiger partial charge in [0.25, 0.3) is 5.91 Å². The lowest BCUT2D eigenvalue weighted by Gasteiger charge is -2.41. The van der Waals surface area contributed by atoms with Gasteiger partial charge in [-0.25, -0.2) is 4.79 Å². The molecule has 1 aromatic heterocycles. The first-order valence-electron chi connectivity index (χ1n) is 11.9. The number of urea groups is 1. The van der Waals surface area contributed by atoms with Crippen molar-refractivity contribution in [2.45, 2.75) is 63.1 Å². The summed E-state index contributed by atoms with van der Waals surface area (Å²) in [7, 11) is 0. The zero-order valence-electron chi connectivity index (χ0n) is 18.8. The molecule has 3 heterocycles. The number of carbonyl (C=O) groups excluding carboxylic acids is 4. The first kappa shape index (κ1) is 23.0. The number of nitrogens with one attached hydrogen (secondary N) is 3. The molecule has 1 aromatic rings. The van der Waals surface area contributed by atoms with E-state index in [1.165, 1.54) is 17.5 Å². The minimum Gasteiger partial charge on any atom is -0.354 e. The molecule has 2 aliphatic heterocycles. The summed E-state index contributed by atoms with van der Waals surface area (Å²) in [6.45, 7) is 1.22. The fourth-order valence-electron chi connectivity index (χ4n) is 4.78. The van der Waals surface area contributed by atoms with Gasteiger partial charge < -0.3 is 25.8 Å². The summed E-state index contributed by atoms with van der Waals surface area (Å²) < 4.78 is 0. The molecule has 5 amide bonds. The third-order valence-corrected chi connectivity index (χ3v) is 6.67. The van der Waals surface area contributed by atoms with E-state index >= 15 is 0 Å². The number of piperidine rings is 1. The van der Waals surface area contributed by atoms with Gasteiger partial charge in [-0.2, -0.15) is 0 Å². The second-order valence-corrected chi connectivity index (χ2v) is 8.98. The number of nitrogens with zero attached hydrogens (tertiary/aromatic N) is 3. The van der Waals surface area contributed by atoms with Crippen molar-refractivity contribution in [2.75, 3.05) is 26.2 Å². The molecule has 0 unspecified atom stereocenters. The zero-order chi connectivity index (χ0) is 23.2. The van der Waals surface area contributed by atoms with E-state index in [9.17, 15) is 19.2 Å². The summed E-state index contributed by atoms with van der Waals surface area (Å²) in [5.41, 5.74) is 0.380. The van der Waals surface area contributed by atoms with Crippen molar-refractivity contribution in [3.05, 3.63) is 30.1 Å². The van der Waals surface area contributed by atoms with Crippen LogP contribution in [-0.2, 0) is 9.59 Å². The second-order valence-electron chi connectivity index (χ2n) is 8.98. The summed E-state index contributed by atoms with van der Waals surface area (Å²) in [6.07, 6.45) is 9.70. The highest BCUT2D eigenvalue weighted by atomic mass is 16.2. The van der Waals surface area contributed by atoms with Gasteiger partial charge in [-0.3, -0.25) is 19.4 Å². The Hall–Kier alpha value is -3.17. The number of carbonyl (C=O) groups is 4. The van der Waals surface area contributed by atoms with E-state index in [-0.39, 0.29) is 37.0 Å². The maximum atomic E-state index is 13.3. The predicted molar refractivity (Wildman–Crippen MR) is 120 cm³/mol. The van der Waals surface area contributed by atoms with E-state index in [0.717, 1.165) is 32.1 Å². The van der Waals surface area contributed by atoms with Crippen molar-refractivity contribution < 1.29 is 19.2 Å².